The fourth-order valence-electron chi connectivity index (χ4n) is 3.14. The van der Waals surface area contributed by atoms with Crippen molar-refractivity contribution in [3.05, 3.63) is 32.4 Å². The van der Waals surface area contributed by atoms with E-state index in [0.29, 0.717) is 13.1 Å². The third kappa shape index (κ3) is 7.58. The van der Waals surface area contributed by atoms with Gasteiger partial charge in [-0.05, 0) is 12.8 Å². The third-order valence-corrected chi connectivity index (χ3v) is 5.54. The monoisotopic (exact) mass is 430 g/mol. The summed E-state index contributed by atoms with van der Waals surface area (Å²) >= 11 is 0. The minimum absolute atomic E-state index is 0.152. The number of unbranched alkanes of at least 4 members (excludes halogenated alkanes) is 6. The average molecular weight is 431 g/mol. The maximum atomic E-state index is 11.7. The van der Waals surface area contributed by atoms with Gasteiger partial charge in [0, 0.05) is 25.2 Å². The largest absolute Gasteiger partial charge is 0.360 e. The fourth-order valence-corrected chi connectivity index (χ4v) is 3.69. The number of primary sulfonamides is 1. The van der Waals surface area contributed by atoms with Crippen LogP contribution in [-0.4, -0.2) is 31.4 Å². The Morgan fingerprint density at radius 3 is 1.59 bits per heavy atom. The van der Waals surface area contributed by atoms with Crippen LogP contribution in [0.4, 0.5) is 17.1 Å². The van der Waals surface area contributed by atoms with Crippen molar-refractivity contribution in [2.24, 2.45) is 5.14 Å². The number of rotatable bonds is 14. The van der Waals surface area contributed by atoms with Crippen molar-refractivity contribution in [3.63, 3.8) is 0 Å². The molecule has 29 heavy (non-hydrogen) atoms. The molecule has 164 valence electrons. The lowest BCUT2D eigenvalue weighted by molar-refractivity contribution is -0.393. The lowest BCUT2D eigenvalue weighted by Gasteiger charge is -2.24. The van der Waals surface area contributed by atoms with Crippen LogP contribution in [0.3, 0.4) is 0 Å². The van der Waals surface area contributed by atoms with Gasteiger partial charge in [-0.1, -0.05) is 52.4 Å². The van der Waals surface area contributed by atoms with E-state index in [4.69, 9.17) is 5.14 Å². The molecule has 0 aromatic heterocycles. The second-order valence-electron chi connectivity index (χ2n) is 6.98. The molecule has 0 atom stereocenters. The maximum Gasteiger partial charge on any atom is 0.301 e. The van der Waals surface area contributed by atoms with Gasteiger partial charge in [0.2, 0.25) is 10.0 Å². The van der Waals surface area contributed by atoms with Crippen molar-refractivity contribution >= 4 is 27.1 Å². The maximum absolute atomic E-state index is 11.7. The minimum atomic E-state index is -4.33. The van der Waals surface area contributed by atoms with Crippen LogP contribution < -0.4 is 10.0 Å². The first-order valence-corrected chi connectivity index (χ1v) is 11.4. The molecule has 1 rings (SSSR count). The quantitative estimate of drug-likeness (QED) is 0.265. The Bertz CT molecular complexity index is 766. The molecule has 0 aliphatic heterocycles. The summed E-state index contributed by atoms with van der Waals surface area (Å²) in [6.07, 6.45) is 7.29. The number of nitrogens with two attached hydrogens (primary N) is 1. The Hall–Kier alpha value is -2.27. The normalized spacial score (nSPS) is 11.4. The predicted molar refractivity (Wildman–Crippen MR) is 112 cm³/mol. The van der Waals surface area contributed by atoms with Crippen molar-refractivity contribution in [1.29, 1.82) is 0 Å². The van der Waals surface area contributed by atoms with Gasteiger partial charge in [-0.25, -0.2) is 13.6 Å². The molecule has 0 saturated carbocycles. The molecule has 0 aliphatic carbocycles. The zero-order chi connectivity index (χ0) is 22.0. The Kier molecular flexibility index (Phi) is 9.96. The second-order valence-corrected chi connectivity index (χ2v) is 8.54. The molecule has 10 nitrogen and oxygen atoms in total. The average Bonchev–Trinajstić information content (AvgIpc) is 2.65. The fraction of sp³-hybridized carbons (Fsp3) is 0.667. The summed E-state index contributed by atoms with van der Waals surface area (Å²) in [5.74, 6) is 0. The van der Waals surface area contributed by atoms with Gasteiger partial charge in [0.25, 0.3) is 0 Å². The lowest BCUT2D eigenvalue weighted by atomic mass is 10.1. The number of hydrogen-bond acceptors (Lipinski definition) is 7. The smallest absolute Gasteiger partial charge is 0.301 e. The number of nitrogens with zero attached hydrogens (tertiary/aromatic N) is 3. The summed E-state index contributed by atoms with van der Waals surface area (Å²) in [4.78, 5) is 22.7. The summed E-state index contributed by atoms with van der Waals surface area (Å²) in [5.41, 5.74) is -1.39. The van der Waals surface area contributed by atoms with Crippen LogP contribution in [0.5, 0.6) is 0 Å². The molecule has 0 fully saturated rings. The van der Waals surface area contributed by atoms with Gasteiger partial charge >= 0.3 is 11.4 Å². The van der Waals surface area contributed by atoms with Crippen LogP contribution in [-0.2, 0) is 10.0 Å². The van der Waals surface area contributed by atoms with Crippen LogP contribution in [0.2, 0.25) is 0 Å². The van der Waals surface area contributed by atoms with Crippen LogP contribution in [0, 0.1) is 20.2 Å². The summed E-state index contributed by atoms with van der Waals surface area (Å²) in [5, 5.41) is 28.4. The first-order chi connectivity index (χ1) is 13.6. The first-order valence-electron chi connectivity index (χ1n) is 9.88. The van der Waals surface area contributed by atoms with Crippen LogP contribution >= 0.6 is 0 Å². The Balaban J connectivity index is 3.44. The minimum Gasteiger partial charge on any atom is -0.360 e. The Morgan fingerprint density at radius 1 is 0.862 bits per heavy atom. The topological polar surface area (TPSA) is 150 Å². The molecule has 0 amide bonds. The standard InChI is InChI=1S/C18H30N4O6S/c1-3-5-7-9-11-20(12-10-8-6-4-2)18-16(21(23)24)13-15(29(19,27)28)14-17(18)22(25)26/h13-14H,3-12H2,1-2H3,(H2,19,27,28). The number of hydrogen-bond donors (Lipinski definition) is 1. The Morgan fingerprint density at radius 2 is 1.28 bits per heavy atom. The number of sulfonamides is 1. The van der Waals surface area contributed by atoms with Crippen molar-refractivity contribution in [3.8, 4) is 0 Å². The molecule has 0 saturated heterocycles. The number of nitro groups is 2. The van der Waals surface area contributed by atoms with E-state index >= 15 is 0 Å². The summed E-state index contributed by atoms with van der Waals surface area (Å²) < 4.78 is 23.3. The van der Waals surface area contributed by atoms with E-state index in [1.807, 2.05) is 0 Å². The van der Waals surface area contributed by atoms with E-state index in [2.05, 4.69) is 13.8 Å². The molecule has 0 unspecified atom stereocenters. The van der Waals surface area contributed by atoms with Gasteiger partial charge in [0.05, 0.1) is 14.7 Å². The molecule has 0 bridgehead atoms. The third-order valence-electron chi connectivity index (χ3n) is 4.64. The number of nitro benzene ring substituents is 2. The zero-order valence-electron chi connectivity index (χ0n) is 17.0. The number of benzene rings is 1. The summed E-state index contributed by atoms with van der Waals surface area (Å²) in [6, 6.07) is 1.62. The highest BCUT2D eigenvalue weighted by atomic mass is 32.2. The highest BCUT2D eigenvalue weighted by molar-refractivity contribution is 7.89. The molecule has 1 aromatic carbocycles. The van der Waals surface area contributed by atoms with E-state index in [-0.39, 0.29) is 5.69 Å². The predicted octanol–water partition coefficient (Wildman–Crippen LogP) is 4.12. The lowest BCUT2D eigenvalue weighted by Crippen LogP contribution is -2.28. The highest BCUT2D eigenvalue weighted by Gasteiger charge is 2.32. The molecular weight excluding hydrogens is 400 g/mol. The molecule has 2 N–H and O–H groups in total. The van der Waals surface area contributed by atoms with Gasteiger partial charge in [0.1, 0.15) is 0 Å². The van der Waals surface area contributed by atoms with Gasteiger partial charge < -0.3 is 4.90 Å². The van der Waals surface area contributed by atoms with Crippen LogP contribution in [0.25, 0.3) is 0 Å². The highest BCUT2D eigenvalue weighted by Crippen LogP contribution is 2.40. The van der Waals surface area contributed by atoms with Gasteiger partial charge in [-0.3, -0.25) is 20.2 Å². The van der Waals surface area contributed by atoms with Gasteiger partial charge in [-0.15, -0.1) is 0 Å². The number of anilines is 1. The van der Waals surface area contributed by atoms with Crippen molar-refractivity contribution < 1.29 is 18.3 Å². The molecule has 0 spiro atoms. The van der Waals surface area contributed by atoms with Crippen molar-refractivity contribution in [2.45, 2.75) is 70.1 Å². The van der Waals surface area contributed by atoms with E-state index in [9.17, 15) is 28.6 Å². The van der Waals surface area contributed by atoms with Crippen LogP contribution in [0.15, 0.2) is 17.0 Å². The van der Waals surface area contributed by atoms with Crippen molar-refractivity contribution in [2.75, 3.05) is 18.0 Å². The summed E-state index contributed by atoms with van der Waals surface area (Å²) in [7, 11) is -4.33. The molecule has 1 aromatic rings. The van der Waals surface area contributed by atoms with E-state index in [1.54, 1.807) is 4.90 Å². The van der Waals surface area contributed by atoms with Crippen molar-refractivity contribution in [1.82, 2.24) is 0 Å². The summed E-state index contributed by atoms with van der Waals surface area (Å²) in [6.45, 7) is 4.96. The van der Waals surface area contributed by atoms with E-state index in [1.165, 1.54) is 0 Å². The zero-order valence-corrected chi connectivity index (χ0v) is 17.8. The van der Waals surface area contributed by atoms with Gasteiger partial charge in [0.15, 0.2) is 5.69 Å². The molecule has 0 radical (unpaired) electrons. The van der Waals surface area contributed by atoms with Gasteiger partial charge in [-0.2, -0.15) is 0 Å². The molecule has 0 aliphatic rings. The van der Waals surface area contributed by atoms with Crippen LogP contribution in [0.1, 0.15) is 65.2 Å². The van der Waals surface area contributed by atoms with E-state index < -0.39 is 36.1 Å². The molecule has 0 heterocycles. The molecule has 11 heteroatoms. The first kappa shape index (κ1) is 24.8. The van der Waals surface area contributed by atoms with E-state index in [0.717, 1.165) is 63.5 Å². The Labute approximate surface area is 171 Å². The second kappa shape index (κ2) is 11.7. The SMILES string of the molecule is CCCCCCN(CCCCCC)c1c([N+](=O)[O-])cc(S(N)(=O)=O)cc1[N+](=O)[O-]. The molecular formula is C18H30N4O6S.